The van der Waals surface area contributed by atoms with E-state index in [0.717, 1.165) is 21.2 Å². The number of carbonyl (C=O) groups excluding carboxylic acids is 2. The van der Waals surface area contributed by atoms with Crippen molar-refractivity contribution in [3.05, 3.63) is 100 Å². The molecule has 6 heteroatoms. The molecule has 0 bridgehead atoms. The number of nitrogens with one attached hydrogen (secondary N) is 2. The molecule has 3 rings (SSSR count). The molecule has 0 unspecified atom stereocenters. The monoisotopic (exact) mass is 452 g/mol. The van der Waals surface area contributed by atoms with Gasteiger partial charge in [0, 0.05) is 0 Å². The summed E-state index contributed by atoms with van der Waals surface area (Å²) < 4.78 is 6.27. The molecule has 0 fully saturated rings. The van der Waals surface area contributed by atoms with E-state index in [1.54, 1.807) is 6.07 Å². The molecule has 0 aliphatic carbocycles. The van der Waals surface area contributed by atoms with Crippen LogP contribution in [0.1, 0.15) is 22.6 Å². The molecular formula is C23H21BrN2O3. The highest BCUT2D eigenvalue weighted by Crippen LogP contribution is 2.26. The number of ether oxygens (including phenoxy) is 1. The van der Waals surface area contributed by atoms with Crippen LogP contribution in [0, 0.1) is 6.92 Å². The third kappa shape index (κ3) is 5.68. The molecule has 148 valence electrons. The second kappa shape index (κ2) is 9.89. The molecule has 0 saturated carbocycles. The first-order valence-electron chi connectivity index (χ1n) is 9.12. The molecule has 0 aliphatic rings. The zero-order valence-corrected chi connectivity index (χ0v) is 17.5. The van der Waals surface area contributed by atoms with E-state index in [9.17, 15) is 9.59 Å². The van der Waals surface area contributed by atoms with Gasteiger partial charge >= 0.3 is 0 Å². The summed E-state index contributed by atoms with van der Waals surface area (Å²) in [5.41, 5.74) is 7.69. The van der Waals surface area contributed by atoms with Crippen molar-refractivity contribution in [3.8, 4) is 5.75 Å². The maximum Gasteiger partial charge on any atom is 0.276 e. The first-order chi connectivity index (χ1) is 14.0. The smallest absolute Gasteiger partial charge is 0.276 e. The van der Waals surface area contributed by atoms with Crippen molar-refractivity contribution in [2.75, 3.05) is 6.61 Å². The molecule has 5 nitrogen and oxygen atoms in total. The van der Waals surface area contributed by atoms with Crippen molar-refractivity contribution < 1.29 is 14.3 Å². The molecule has 0 atom stereocenters. The lowest BCUT2D eigenvalue weighted by molar-refractivity contribution is -0.130. The van der Waals surface area contributed by atoms with Crippen LogP contribution in [-0.2, 0) is 9.59 Å². The van der Waals surface area contributed by atoms with Gasteiger partial charge in [0.2, 0.25) is 5.91 Å². The maximum atomic E-state index is 12.8. The Morgan fingerprint density at radius 3 is 2.03 bits per heavy atom. The minimum absolute atomic E-state index is 0.219. The number of aryl methyl sites for hydroxylation is 1. The fraction of sp³-hybridized carbons (Fsp3) is 0.130. The summed E-state index contributed by atoms with van der Waals surface area (Å²) in [6, 6.07) is 24.4. The summed E-state index contributed by atoms with van der Waals surface area (Å²) in [5.74, 6) is -0.758. The van der Waals surface area contributed by atoms with Crippen LogP contribution in [0.4, 0.5) is 0 Å². The van der Waals surface area contributed by atoms with Crippen LogP contribution in [0.15, 0.2) is 83.3 Å². The second-order valence-electron chi connectivity index (χ2n) is 6.51. The fourth-order valence-corrected chi connectivity index (χ4v) is 3.50. The first-order valence-corrected chi connectivity index (χ1v) is 9.91. The van der Waals surface area contributed by atoms with Crippen LogP contribution in [0.3, 0.4) is 0 Å². The minimum atomic E-state index is -0.537. The molecule has 2 amide bonds. The summed E-state index contributed by atoms with van der Waals surface area (Å²) in [6.07, 6.45) is 0. The molecule has 0 aliphatic heterocycles. The molecule has 3 aromatic carbocycles. The molecule has 0 spiro atoms. The van der Waals surface area contributed by atoms with E-state index in [1.807, 2.05) is 79.7 Å². The third-order valence-corrected chi connectivity index (χ3v) is 4.92. The van der Waals surface area contributed by atoms with Gasteiger partial charge in [-0.05, 0) is 51.7 Å². The van der Waals surface area contributed by atoms with Crippen LogP contribution >= 0.6 is 15.9 Å². The Morgan fingerprint density at radius 1 is 0.897 bits per heavy atom. The second-order valence-corrected chi connectivity index (χ2v) is 7.37. The Labute approximate surface area is 178 Å². The van der Waals surface area contributed by atoms with E-state index in [2.05, 4.69) is 26.8 Å². The summed E-state index contributed by atoms with van der Waals surface area (Å²) >= 11 is 3.40. The lowest BCUT2D eigenvalue weighted by Crippen LogP contribution is -2.46. The van der Waals surface area contributed by atoms with Crippen molar-refractivity contribution in [2.24, 2.45) is 0 Å². The van der Waals surface area contributed by atoms with Gasteiger partial charge in [-0.1, -0.05) is 66.7 Å². The number of carbonyl (C=O) groups is 2. The number of rotatable bonds is 6. The maximum absolute atomic E-state index is 12.8. The standard InChI is InChI=1S/C23H21BrN2O3/c1-16-12-13-20(19(24)14-16)29-15-21(27)25-26-23(28)22(17-8-4-2-5-9-17)18-10-6-3-7-11-18/h2-14,22H,15H2,1H3,(H,25,27)(H,26,28). The van der Waals surface area contributed by atoms with Crippen molar-refractivity contribution >= 4 is 27.7 Å². The number of hydrogen-bond acceptors (Lipinski definition) is 3. The molecular weight excluding hydrogens is 432 g/mol. The molecule has 0 radical (unpaired) electrons. The Kier molecular flexibility index (Phi) is 7.03. The van der Waals surface area contributed by atoms with Gasteiger partial charge in [0.1, 0.15) is 5.75 Å². The topological polar surface area (TPSA) is 67.4 Å². The minimum Gasteiger partial charge on any atom is -0.483 e. The zero-order valence-electron chi connectivity index (χ0n) is 15.9. The predicted molar refractivity (Wildman–Crippen MR) is 115 cm³/mol. The summed E-state index contributed by atoms with van der Waals surface area (Å²) in [4.78, 5) is 25.0. The average molecular weight is 453 g/mol. The SMILES string of the molecule is Cc1ccc(OCC(=O)NNC(=O)C(c2ccccc2)c2ccccc2)c(Br)c1. The van der Waals surface area contributed by atoms with Crippen LogP contribution in [0.25, 0.3) is 0 Å². The Balaban J connectivity index is 1.62. The lowest BCUT2D eigenvalue weighted by atomic mass is 9.91. The number of halogens is 1. The van der Waals surface area contributed by atoms with Gasteiger partial charge in [-0.2, -0.15) is 0 Å². The van der Waals surface area contributed by atoms with Gasteiger partial charge in [0.05, 0.1) is 10.4 Å². The van der Waals surface area contributed by atoms with Crippen molar-refractivity contribution in [1.29, 1.82) is 0 Å². The average Bonchev–Trinajstić information content (AvgIpc) is 2.73. The summed E-state index contributed by atoms with van der Waals surface area (Å²) in [6.45, 7) is 1.75. The Morgan fingerprint density at radius 2 is 1.48 bits per heavy atom. The largest absolute Gasteiger partial charge is 0.483 e. The van der Waals surface area contributed by atoms with E-state index in [-0.39, 0.29) is 12.5 Å². The van der Waals surface area contributed by atoms with E-state index < -0.39 is 11.8 Å². The lowest BCUT2D eigenvalue weighted by Gasteiger charge is -2.18. The third-order valence-electron chi connectivity index (χ3n) is 4.30. The van der Waals surface area contributed by atoms with E-state index >= 15 is 0 Å². The number of benzene rings is 3. The van der Waals surface area contributed by atoms with Gasteiger partial charge in [-0.3, -0.25) is 20.4 Å². The van der Waals surface area contributed by atoms with Crippen LogP contribution in [0.5, 0.6) is 5.75 Å². The molecule has 0 saturated heterocycles. The van der Waals surface area contributed by atoms with E-state index in [1.165, 1.54) is 0 Å². The van der Waals surface area contributed by atoms with E-state index in [0.29, 0.717) is 5.75 Å². The number of hydrogen-bond donors (Lipinski definition) is 2. The van der Waals surface area contributed by atoms with Gasteiger partial charge in [-0.25, -0.2) is 0 Å². The molecule has 2 N–H and O–H groups in total. The molecule has 29 heavy (non-hydrogen) atoms. The fourth-order valence-electron chi connectivity index (χ4n) is 2.89. The van der Waals surface area contributed by atoms with Gasteiger partial charge < -0.3 is 4.74 Å². The summed E-state index contributed by atoms with van der Waals surface area (Å²) in [7, 11) is 0. The van der Waals surface area contributed by atoms with Crippen LogP contribution < -0.4 is 15.6 Å². The number of hydrazine groups is 1. The van der Waals surface area contributed by atoms with E-state index in [4.69, 9.17) is 4.74 Å². The Hall–Kier alpha value is -3.12. The molecule has 3 aromatic rings. The predicted octanol–water partition coefficient (Wildman–Crippen LogP) is 4.12. The highest BCUT2D eigenvalue weighted by atomic mass is 79.9. The normalized spacial score (nSPS) is 10.4. The molecule has 0 heterocycles. The Bertz CT molecular complexity index is 938. The first kappa shape index (κ1) is 20.6. The highest BCUT2D eigenvalue weighted by molar-refractivity contribution is 9.10. The van der Waals surface area contributed by atoms with Crippen LogP contribution in [-0.4, -0.2) is 18.4 Å². The highest BCUT2D eigenvalue weighted by Gasteiger charge is 2.23. The summed E-state index contributed by atoms with van der Waals surface area (Å²) in [5, 5.41) is 0. The quantitative estimate of drug-likeness (QED) is 0.552. The zero-order chi connectivity index (χ0) is 20.6. The molecule has 0 aromatic heterocycles. The number of amides is 2. The van der Waals surface area contributed by atoms with Gasteiger partial charge in [-0.15, -0.1) is 0 Å². The van der Waals surface area contributed by atoms with Crippen molar-refractivity contribution in [2.45, 2.75) is 12.8 Å². The van der Waals surface area contributed by atoms with Crippen LogP contribution in [0.2, 0.25) is 0 Å². The van der Waals surface area contributed by atoms with Gasteiger partial charge in [0.25, 0.3) is 5.91 Å². The van der Waals surface area contributed by atoms with Gasteiger partial charge in [0.15, 0.2) is 6.61 Å². The van der Waals surface area contributed by atoms with Crippen molar-refractivity contribution in [1.82, 2.24) is 10.9 Å². The van der Waals surface area contributed by atoms with Crippen molar-refractivity contribution in [3.63, 3.8) is 0 Å².